The van der Waals surface area contributed by atoms with Gasteiger partial charge in [0.2, 0.25) is 20.0 Å². The van der Waals surface area contributed by atoms with Crippen LogP contribution in [0.15, 0.2) is 21.9 Å². The van der Waals surface area contributed by atoms with E-state index in [1.807, 2.05) is 0 Å². The maximum Gasteiger partial charge on any atom is 0.244 e. The molecule has 0 fully saturated rings. The summed E-state index contributed by atoms with van der Waals surface area (Å²) in [6.45, 7) is 0. The number of hydrogen-bond donors (Lipinski definition) is 3. The normalized spacial score (nSPS) is 20.9. The summed E-state index contributed by atoms with van der Waals surface area (Å²) >= 11 is 17.2. The van der Waals surface area contributed by atoms with Crippen LogP contribution in [0.2, 0.25) is 5.02 Å². The Morgan fingerprint density at radius 2 is 1.95 bits per heavy atom. The number of alkyl halides is 2. The van der Waals surface area contributed by atoms with Crippen LogP contribution in [0, 0.1) is 0 Å². The highest BCUT2D eigenvalue weighted by Gasteiger charge is 2.34. The topological polar surface area (TPSA) is 104 Å². The van der Waals surface area contributed by atoms with Crippen molar-refractivity contribution in [2.45, 2.75) is 20.8 Å². The van der Waals surface area contributed by atoms with E-state index in [4.69, 9.17) is 34.8 Å². The number of hydrogen-bond acceptors (Lipinski definition) is 5. The highest BCUT2D eigenvalue weighted by molar-refractivity contribution is 7.90. The molecule has 0 spiro atoms. The zero-order valence-corrected chi connectivity index (χ0v) is 14.3. The molecule has 2 rings (SSSR count). The third kappa shape index (κ3) is 3.24. The van der Waals surface area contributed by atoms with Gasteiger partial charge in [0.05, 0.1) is 10.7 Å². The van der Waals surface area contributed by atoms with Crippen LogP contribution >= 0.6 is 34.8 Å². The Hall–Kier alpha value is -0.290. The van der Waals surface area contributed by atoms with Crippen molar-refractivity contribution in [1.29, 1.82) is 0 Å². The average Bonchev–Trinajstić information content (AvgIpc) is 2.36. The van der Waals surface area contributed by atoms with Crippen LogP contribution in [-0.4, -0.2) is 34.9 Å². The molecule has 1 aromatic rings. The molecule has 21 heavy (non-hydrogen) atoms. The summed E-state index contributed by atoms with van der Waals surface area (Å²) in [5.41, 5.74) is 0.116. The molecule has 0 radical (unpaired) electrons. The Morgan fingerprint density at radius 3 is 2.48 bits per heavy atom. The van der Waals surface area contributed by atoms with Gasteiger partial charge < -0.3 is 5.32 Å². The van der Waals surface area contributed by atoms with E-state index in [1.54, 1.807) is 0 Å². The lowest BCUT2D eigenvalue weighted by molar-refractivity contribution is 0.562. The van der Waals surface area contributed by atoms with E-state index in [0.717, 1.165) is 6.07 Å². The zero-order chi connectivity index (χ0) is 16.0. The number of rotatable bonds is 3. The molecule has 0 aromatic heterocycles. The van der Waals surface area contributed by atoms with E-state index in [0.29, 0.717) is 0 Å². The number of halogens is 3. The first-order valence-corrected chi connectivity index (χ1v) is 9.64. The van der Waals surface area contributed by atoms with Gasteiger partial charge in [-0.2, -0.15) is 4.72 Å². The zero-order valence-electron chi connectivity index (χ0n) is 10.4. The summed E-state index contributed by atoms with van der Waals surface area (Å²) < 4.78 is 52.2. The first-order valence-electron chi connectivity index (χ1n) is 5.42. The van der Waals surface area contributed by atoms with Crippen molar-refractivity contribution in [3.8, 4) is 0 Å². The molecule has 1 unspecified atom stereocenters. The smallest absolute Gasteiger partial charge is 0.244 e. The molecule has 1 heterocycles. The fourth-order valence-corrected chi connectivity index (χ4v) is 4.82. The maximum absolute atomic E-state index is 12.1. The molecule has 12 heteroatoms. The lowest BCUT2D eigenvalue weighted by atomic mass is 10.3. The number of anilines is 1. The second-order valence-corrected chi connectivity index (χ2v) is 9.17. The van der Waals surface area contributed by atoms with Crippen molar-refractivity contribution in [3.05, 3.63) is 17.2 Å². The van der Waals surface area contributed by atoms with Crippen molar-refractivity contribution in [2.24, 2.45) is 0 Å². The van der Waals surface area contributed by atoms with Crippen LogP contribution in [0.4, 0.5) is 5.69 Å². The minimum Gasteiger partial charge on any atom is -0.366 e. The Morgan fingerprint density at radius 1 is 1.33 bits per heavy atom. The number of nitrogens with one attached hydrogen (secondary N) is 3. The fraction of sp³-hybridized carbons (Fsp3) is 0.333. The number of fused-ring (bicyclic) bond motifs is 1. The van der Waals surface area contributed by atoms with E-state index >= 15 is 0 Å². The molecule has 1 aromatic carbocycles. The van der Waals surface area contributed by atoms with Gasteiger partial charge in [-0.25, -0.2) is 21.6 Å². The monoisotopic (exact) mass is 393 g/mol. The molecule has 0 bridgehead atoms. The predicted molar refractivity (Wildman–Crippen MR) is 80.9 cm³/mol. The Bertz CT molecular complexity index is 780. The molecule has 1 atom stereocenters. The summed E-state index contributed by atoms with van der Waals surface area (Å²) in [6, 6.07) is 2.16. The Kier molecular flexibility index (Phi) is 4.66. The molecule has 0 saturated heterocycles. The maximum atomic E-state index is 12.1. The minimum atomic E-state index is -3.98. The van der Waals surface area contributed by atoms with Gasteiger partial charge in [-0.15, -0.1) is 23.2 Å². The van der Waals surface area contributed by atoms with E-state index in [-0.39, 0.29) is 20.5 Å². The van der Waals surface area contributed by atoms with Gasteiger partial charge in [0, 0.05) is 0 Å². The standard InChI is InChI=1S/C9H10Cl3N3O4S2/c1-13-20(16,17)6-3-7-5(2-4(6)10)14-9(8(11)12)15-21(7,18)19/h2-3,8-9,13-15H,1H3. The van der Waals surface area contributed by atoms with Crippen LogP contribution in [0.25, 0.3) is 0 Å². The van der Waals surface area contributed by atoms with Crippen molar-refractivity contribution < 1.29 is 16.8 Å². The molecule has 7 nitrogen and oxygen atoms in total. The summed E-state index contributed by atoms with van der Waals surface area (Å²) in [5, 5.41) is 2.60. The summed E-state index contributed by atoms with van der Waals surface area (Å²) in [6.07, 6.45) is -0.950. The Balaban J connectivity index is 2.66. The number of benzene rings is 1. The molecule has 1 aliphatic rings. The van der Waals surface area contributed by atoms with Crippen LogP contribution in [0.1, 0.15) is 0 Å². The van der Waals surface area contributed by atoms with Crippen molar-refractivity contribution in [1.82, 2.24) is 9.44 Å². The molecule has 118 valence electrons. The van der Waals surface area contributed by atoms with E-state index in [9.17, 15) is 16.8 Å². The molecule has 3 N–H and O–H groups in total. The van der Waals surface area contributed by atoms with Crippen LogP contribution in [-0.2, 0) is 20.0 Å². The lowest BCUT2D eigenvalue weighted by Crippen LogP contribution is -2.48. The van der Waals surface area contributed by atoms with Gasteiger partial charge in [0.25, 0.3) is 0 Å². The molecule has 0 saturated carbocycles. The second-order valence-electron chi connectivity index (χ2n) is 4.06. The molecule has 0 aliphatic carbocycles. The van der Waals surface area contributed by atoms with Crippen molar-refractivity contribution in [3.63, 3.8) is 0 Å². The summed E-state index contributed by atoms with van der Waals surface area (Å²) in [7, 11) is -6.68. The lowest BCUT2D eigenvalue weighted by Gasteiger charge is -2.29. The Labute approximate surface area is 137 Å². The third-order valence-corrected chi connectivity index (χ3v) is 6.59. The predicted octanol–water partition coefficient (Wildman–Crippen LogP) is 1.08. The van der Waals surface area contributed by atoms with Gasteiger partial charge in [0.15, 0.2) is 0 Å². The van der Waals surface area contributed by atoms with Crippen LogP contribution < -0.4 is 14.8 Å². The molecular weight excluding hydrogens is 385 g/mol. The quantitative estimate of drug-likeness (QED) is 0.666. The summed E-state index contributed by atoms with van der Waals surface area (Å²) in [4.78, 5) is -1.65. The van der Waals surface area contributed by atoms with Gasteiger partial charge >= 0.3 is 0 Å². The summed E-state index contributed by atoms with van der Waals surface area (Å²) in [5.74, 6) is 0. The van der Waals surface area contributed by atoms with Gasteiger partial charge in [-0.1, -0.05) is 11.6 Å². The second kappa shape index (κ2) is 5.73. The van der Waals surface area contributed by atoms with Gasteiger partial charge in [-0.3, -0.25) is 0 Å². The fourth-order valence-electron chi connectivity index (χ4n) is 1.73. The van der Waals surface area contributed by atoms with Crippen LogP contribution in [0.3, 0.4) is 0 Å². The average molecular weight is 395 g/mol. The highest BCUT2D eigenvalue weighted by Crippen LogP contribution is 2.34. The van der Waals surface area contributed by atoms with Crippen molar-refractivity contribution >= 4 is 60.5 Å². The third-order valence-electron chi connectivity index (χ3n) is 2.73. The SMILES string of the molecule is CNS(=O)(=O)c1cc2c(cc1Cl)NC(C(Cl)Cl)NS2(=O)=O. The van der Waals surface area contributed by atoms with E-state index < -0.39 is 31.0 Å². The van der Waals surface area contributed by atoms with E-state index in [2.05, 4.69) is 14.8 Å². The molecule has 1 aliphatic heterocycles. The first-order chi connectivity index (χ1) is 9.58. The van der Waals surface area contributed by atoms with E-state index in [1.165, 1.54) is 13.1 Å². The minimum absolute atomic E-state index is 0.116. The van der Waals surface area contributed by atoms with Crippen LogP contribution in [0.5, 0.6) is 0 Å². The van der Waals surface area contributed by atoms with Crippen molar-refractivity contribution in [2.75, 3.05) is 12.4 Å². The number of sulfonamides is 2. The highest BCUT2D eigenvalue weighted by atomic mass is 35.5. The molecule has 0 amide bonds. The van der Waals surface area contributed by atoms with Gasteiger partial charge in [-0.05, 0) is 19.2 Å². The largest absolute Gasteiger partial charge is 0.366 e. The first kappa shape index (κ1) is 17.1. The van der Waals surface area contributed by atoms with Gasteiger partial charge in [0.1, 0.15) is 20.8 Å². The molecular formula is C9H10Cl3N3O4S2.